The summed E-state index contributed by atoms with van der Waals surface area (Å²) < 4.78 is 21.8. The molecule has 3 N–H and O–H groups in total. The molecular weight excluding hydrogens is 397 g/mol. The summed E-state index contributed by atoms with van der Waals surface area (Å²) in [6.07, 6.45) is 1.12. The summed E-state index contributed by atoms with van der Waals surface area (Å²) in [6, 6.07) is 10.8. The van der Waals surface area contributed by atoms with Crippen LogP contribution in [0.1, 0.15) is 23.2 Å². The highest BCUT2D eigenvalue weighted by Crippen LogP contribution is 2.45. The fourth-order valence-electron chi connectivity index (χ4n) is 4.92. The minimum absolute atomic E-state index is 0.0737. The molecule has 5 rings (SSSR count). The first-order valence-electron chi connectivity index (χ1n) is 9.92. The number of hydrogen-bond donors (Lipinski definition) is 2. The van der Waals surface area contributed by atoms with Gasteiger partial charge in [0.25, 0.3) is 5.56 Å². The molecule has 2 heterocycles. The fraction of sp³-hybridized carbons (Fsp3) is 0.261. The third-order valence-electron chi connectivity index (χ3n) is 6.40. The lowest BCUT2D eigenvalue weighted by Crippen LogP contribution is -2.37. The van der Waals surface area contributed by atoms with Crippen LogP contribution in [-0.2, 0) is 25.3 Å². The number of nitrogens with two attached hydrogens (primary N) is 1. The van der Waals surface area contributed by atoms with Crippen molar-refractivity contribution in [2.75, 3.05) is 12.8 Å². The van der Waals surface area contributed by atoms with Gasteiger partial charge in [0.2, 0.25) is 5.95 Å². The Kier molecular flexibility index (Phi) is 4.05. The quantitative estimate of drug-likeness (QED) is 0.521. The number of aromatic nitrogens is 3. The average Bonchev–Trinajstić information content (AvgIpc) is 3.05. The van der Waals surface area contributed by atoms with E-state index in [-0.39, 0.29) is 23.7 Å². The lowest BCUT2D eigenvalue weighted by Gasteiger charge is -2.32. The highest BCUT2D eigenvalue weighted by molar-refractivity contribution is 6.12. The lowest BCUT2D eigenvalue weighted by molar-refractivity contribution is 0.417. The van der Waals surface area contributed by atoms with Crippen LogP contribution in [0.2, 0.25) is 0 Å². The Morgan fingerprint density at radius 2 is 2.16 bits per heavy atom. The normalized spacial score (nSPS) is 18.1. The van der Waals surface area contributed by atoms with Gasteiger partial charge in [0.05, 0.1) is 29.8 Å². The van der Waals surface area contributed by atoms with Crippen LogP contribution in [-0.4, -0.2) is 21.6 Å². The number of ether oxygens (including phenoxy) is 1. The number of H-pyrrole nitrogens is 1. The van der Waals surface area contributed by atoms with Crippen LogP contribution in [0.25, 0.3) is 21.8 Å². The molecule has 0 spiro atoms. The first-order chi connectivity index (χ1) is 14.9. The average molecular weight is 417 g/mol. The van der Waals surface area contributed by atoms with Crippen molar-refractivity contribution in [1.82, 2.24) is 14.5 Å². The van der Waals surface area contributed by atoms with Crippen molar-refractivity contribution in [1.29, 1.82) is 5.26 Å². The topological polar surface area (TPSA) is 110 Å². The molecule has 7 nitrogen and oxygen atoms in total. The van der Waals surface area contributed by atoms with Crippen LogP contribution in [0.5, 0.6) is 5.75 Å². The number of aromatic amines is 1. The van der Waals surface area contributed by atoms with Crippen LogP contribution in [0.3, 0.4) is 0 Å². The summed E-state index contributed by atoms with van der Waals surface area (Å²) in [7, 11) is 3.47. The Labute approximate surface area is 176 Å². The second-order valence-electron chi connectivity index (χ2n) is 8.01. The Morgan fingerprint density at radius 3 is 2.90 bits per heavy atom. The zero-order valence-corrected chi connectivity index (χ0v) is 17.1. The Morgan fingerprint density at radius 1 is 1.35 bits per heavy atom. The zero-order chi connectivity index (χ0) is 21.9. The molecule has 2 aromatic carbocycles. The molecule has 1 atom stereocenters. The highest BCUT2D eigenvalue weighted by atomic mass is 19.1. The summed E-state index contributed by atoms with van der Waals surface area (Å²) in [5.41, 5.74) is 7.87. The fourth-order valence-corrected chi connectivity index (χ4v) is 4.92. The minimum Gasteiger partial charge on any atom is -0.495 e. The molecule has 0 radical (unpaired) electrons. The smallest absolute Gasteiger partial charge is 0.255 e. The number of benzene rings is 2. The van der Waals surface area contributed by atoms with Crippen molar-refractivity contribution < 1.29 is 9.13 Å². The van der Waals surface area contributed by atoms with Crippen LogP contribution < -0.4 is 16.0 Å². The minimum atomic E-state index is -0.969. The number of anilines is 1. The van der Waals surface area contributed by atoms with Gasteiger partial charge in [-0.3, -0.25) is 9.78 Å². The largest absolute Gasteiger partial charge is 0.495 e. The van der Waals surface area contributed by atoms with Crippen LogP contribution in [0, 0.1) is 17.1 Å². The van der Waals surface area contributed by atoms with E-state index in [2.05, 4.69) is 16.0 Å². The van der Waals surface area contributed by atoms with Gasteiger partial charge in [-0.15, -0.1) is 0 Å². The van der Waals surface area contributed by atoms with E-state index in [0.29, 0.717) is 35.2 Å². The molecule has 1 unspecified atom stereocenters. The van der Waals surface area contributed by atoms with Crippen molar-refractivity contribution in [3.05, 3.63) is 63.3 Å². The first-order valence-corrected chi connectivity index (χ1v) is 9.92. The van der Waals surface area contributed by atoms with Gasteiger partial charge in [0.1, 0.15) is 11.6 Å². The summed E-state index contributed by atoms with van der Waals surface area (Å²) in [5, 5.41) is 11.8. The van der Waals surface area contributed by atoms with E-state index in [0.717, 1.165) is 22.0 Å². The maximum Gasteiger partial charge on any atom is 0.255 e. The third kappa shape index (κ3) is 2.63. The number of aryl methyl sites for hydroxylation is 2. The maximum atomic E-state index is 14.2. The summed E-state index contributed by atoms with van der Waals surface area (Å²) >= 11 is 0. The number of halogens is 1. The van der Waals surface area contributed by atoms with Gasteiger partial charge >= 0.3 is 0 Å². The number of nitriles is 1. The van der Waals surface area contributed by atoms with E-state index < -0.39 is 5.41 Å². The molecular formula is C23H20FN5O2. The second-order valence-corrected chi connectivity index (χ2v) is 8.01. The van der Waals surface area contributed by atoms with Gasteiger partial charge < -0.3 is 15.0 Å². The summed E-state index contributed by atoms with van der Waals surface area (Å²) in [5.74, 6) is 0.351. The van der Waals surface area contributed by atoms with Gasteiger partial charge in [-0.2, -0.15) is 5.26 Å². The number of hydrogen-bond acceptors (Lipinski definition) is 5. The molecule has 4 aromatic rings. The van der Waals surface area contributed by atoms with Crippen molar-refractivity contribution in [2.45, 2.75) is 24.7 Å². The van der Waals surface area contributed by atoms with Crippen molar-refractivity contribution in [3.8, 4) is 11.8 Å². The SMILES string of the molecule is COc1ccc(C2(C#N)CCc3nc(N)[nH]c(=O)c3C2)c2c3cc(F)ccc3n(C)c12. The van der Waals surface area contributed by atoms with Crippen molar-refractivity contribution >= 4 is 27.8 Å². The van der Waals surface area contributed by atoms with Crippen LogP contribution >= 0.6 is 0 Å². The number of fused-ring (bicyclic) bond motifs is 4. The van der Waals surface area contributed by atoms with E-state index in [1.54, 1.807) is 13.2 Å². The predicted molar refractivity (Wildman–Crippen MR) is 116 cm³/mol. The molecule has 2 aromatic heterocycles. The second kappa shape index (κ2) is 6.57. The predicted octanol–water partition coefficient (Wildman–Crippen LogP) is 3.09. The Balaban J connectivity index is 1.85. The monoisotopic (exact) mass is 417 g/mol. The lowest BCUT2D eigenvalue weighted by atomic mass is 9.68. The van der Waals surface area contributed by atoms with Crippen molar-refractivity contribution in [3.63, 3.8) is 0 Å². The molecule has 0 saturated carbocycles. The number of nitrogen functional groups attached to an aromatic ring is 1. The van der Waals surface area contributed by atoms with Gasteiger partial charge in [0.15, 0.2) is 0 Å². The number of nitrogens with zero attached hydrogens (tertiary/aromatic N) is 3. The highest BCUT2D eigenvalue weighted by Gasteiger charge is 2.40. The number of rotatable bonds is 2. The summed E-state index contributed by atoms with van der Waals surface area (Å²) in [6.45, 7) is 0. The number of methoxy groups -OCH3 is 1. The van der Waals surface area contributed by atoms with E-state index >= 15 is 0 Å². The standard InChI is InChI=1S/C23H20FN5O2/c1-29-17-5-3-12(24)9-13(17)19-15(4-6-18(31-2)20(19)29)23(11-25)8-7-16-14(10-23)21(30)28-22(26)27-16/h3-6,9H,7-8,10H2,1-2H3,(H3,26,27,28,30). The molecule has 8 heteroatoms. The molecule has 0 bridgehead atoms. The van der Waals surface area contributed by atoms with E-state index in [4.69, 9.17) is 10.5 Å². The van der Waals surface area contributed by atoms with E-state index in [1.807, 2.05) is 23.7 Å². The van der Waals surface area contributed by atoms with E-state index in [1.165, 1.54) is 12.1 Å². The third-order valence-corrected chi connectivity index (χ3v) is 6.40. The van der Waals surface area contributed by atoms with Crippen LogP contribution in [0.15, 0.2) is 35.1 Å². The molecule has 1 aliphatic rings. The van der Waals surface area contributed by atoms with Gasteiger partial charge in [0, 0.05) is 35.3 Å². The molecule has 0 amide bonds. The molecule has 0 aliphatic heterocycles. The first kappa shape index (κ1) is 19.1. The molecule has 31 heavy (non-hydrogen) atoms. The number of nitrogens with one attached hydrogen (secondary N) is 1. The molecule has 1 aliphatic carbocycles. The molecule has 0 saturated heterocycles. The van der Waals surface area contributed by atoms with Gasteiger partial charge in [-0.1, -0.05) is 6.07 Å². The zero-order valence-electron chi connectivity index (χ0n) is 17.1. The molecule has 0 fully saturated rings. The van der Waals surface area contributed by atoms with Crippen molar-refractivity contribution in [2.24, 2.45) is 7.05 Å². The maximum absolute atomic E-state index is 14.2. The summed E-state index contributed by atoms with van der Waals surface area (Å²) in [4.78, 5) is 19.4. The Hall–Kier alpha value is -3.86. The molecule has 156 valence electrons. The van der Waals surface area contributed by atoms with Gasteiger partial charge in [-0.25, -0.2) is 9.37 Å². The van der Waals surface area contributed by atoms with E-state index in [9.17, 15) is 14.4 Å². The van der Waals surface area contributed by atoms with Gasteiger partial charge in [-0.05, 0) is 42.7 Å². The van der Waals surface area contributed by atoms with Crippen LogP contribution in [0.4, 0.5) is 10.3 Å². The Bertz CT molecular complexity index is 1480.